The minimum Gasteiger partial charge on any atom is -0.493 e. The predicted molar refractivity (Wildman–Crippen MR) is 116 cm³/mol. The molecule has 0 unspecified atom stereocenters. The van der Waals surface area contributed by atoms with Crippen molar-refractivity contribution in [3.8, 4) is 17.2 Å². The minimum absolute atomic E-state index is 0.330. The Morgan fingerprint density at radius 1 is 1.21 bits per heavy atom. The molecule has 0 atom stereocenters. The number of hydrogen-bond donors (Lipinski definition) is 0. The van der Waals surface area contributed by atoms with Crippen molar-refractivity contribution in [1.82, 2.24) is 4.57 Å². The quantitative estimate of drug-likeness (QED) is 0.533. The highest BCUT2D eigenvalue weighted by molar-refractivity contribution is 7.16. The number of halogens is 1. The number of methoxy groups -OCH3 is 3. The van der Waals surface area contributed by atoms with Crippen LogP contribution in [-0.4, -0.2) is 31.8 Å². The maximum absolute atomic E-state index is 13.0. The average molecular weight is 433 g/mol. The number of ether oxygens (including phenoxy) is 3. The van der Waals surface area contributed by atoms with Crippen LogP contribution in [0.2, 0.25) is 5.02 Å². The van der Waals surface area contributed by atoms with Gasteiger partial charge in [0.25, 0.3) is 5.91 Å². The van der Waals surface area contributed by atoms with E-state index in [1.165, 1.54) is 32.7 Å². The summed E-state index contributed by atoms with van der Waals surface area (Å²) < 4.78 is 18.9. The van der Waals surface area contributed by atoms with Gasteiger partial charge in [-0.3, -0.25) is 4.79 Å². The molecule has 6 nitrogen and oxygen atoms in total. The summed E-state index contributed by atoms with van der Waals surface area (Å²) in [7, 11) is 4.51. The fourth-order valence-electron chi connectivity index (χ4n) is 3.06. The van der Waals surface area contributed by atoms with Crippen molar-refractivity contribution in [2.24, 2.45) is 4.99 Å². The third-order valence-electron chi connectivity index (χ3n) is 4.45. The second-order valence-corrected chi connectivity index (χ2v) is 7.55. The Morgan fingerprint density at radius 2 is 1.86 bits per heavy atom. The number of carbonyl (C=O) groups is 1. The lowest BCUT2D eigenvalue weighted by molar-refractivity contribution is 0.0997. The molecule has 1 aromatic heterocycles. The molecule has 0 saturated carbocycles. The van der Waals surface area contributed by atoms with Gasteiger partial charge in [-0.15, -0.1) is 6.58 Å². The zero-order valence-electron chi connectivity index (χ0n) is 16.6. The fraction of sp³-hybridized carbons (Fsp3) is 0.238. The lowest BCUT2D eigenvalue weighted by Crippen LogP contribution is -2.16. The van der Waals surface area contributed by atoms with Crippen LogP contribution in [0, 0.1) is 6.92 Å². The molecule has 0 saturated heterocycles. The summed E-state index contributed by atoms with van der Waals surface area (Å²) in [6.45, 7) is 6.26. The van der Waals surface area contributed by atoms with Crippen LogP contribution >= 0.6 is 22.9 Å². The normalized spacial score (nSPS) is 11.6. The zero-order valence-corrected chi connectivity index (χ0v) is 18.2. The Bertz CT molecular complexity index is 1140. The SMILES string of the molecule is C=CCn1c(=NC(=O)c2cc(OC)c(OC)c(OC)c2)sc2ccc(Cl)c(C)c21. The highest BCUT2D eigenvalue weighted by atomic mass is 35.5. The number of aryl methyl sites for hydroxylation is 1. The largest absolute Gasteiger partial charge is 0.493 e. The van der Waals surface area contributed by atoms with Crippen LogP contribution in [0.4, 0.5) is 0 Å². The molecule has 0 aliphatic heterocycles. The van der Waals surface area contributed by atoms with Crippen LogP contribution in [0.25, 0.3) is 10.2 Å². The monoisotopic (exact) mass is 432 g/mol. The first-order chi connectivity index (χ1) is 13.9. The molecule has 3 rings (SSSR count). The first-order valence-electron chi connectivity index (χ1n) is 8.73. The summed E-state index contributed by atoms with van der Waals surface area (Å²) >= 11 is 7.71. The van der Waals surface area contributed by atoms with E-state index in [-0.39, 0.29) is 0 Å². The molecule has 29 heavy (non-hydrogen) atoms. The first-order valence-corrected chi connectivity index (χ1v) is 9.93. The lowest BCUT2D eigenvalue weighted by atomic mass is 10.1. The summed E-state index contributed by atoms with van der Waals surface area (Å²) in [4.78, 5) is 17.9. The summed E-state index contributed by atoms with van der Waals surface area (Å²) in [5.41, 5.74) is 2.21. The molecule has 152 valence electrons. The Labute approximate surface area is 177 Å². The number of hydrogen-bond acceptors (Lipinski definition) is 5. The van der Waals surface area contributed by atoms with E-state index in [2.05, 4.69) is 11.6 Å². The maximum atomic E-state index is 13.0. The molecule has 1 heterocycles. The average Bonchev–Trinajstić information content (AvgIpc) is 3.07. The minimum atomic E-state index is -0.419. The van der Waals surface area contributed by atoms with E-state index >= 15 is 0 Å². The van der Waals surface area contributed by atoms with Gasteiger partial charge >= 0.3 is 0 Å². The fourth-order valence-corrected chi connectivity index (χ4v) is 4.31. The number of thiazole rings is 1. The third-order valence-corrected chi connectivity index (χ3v) is 5.90. The van der Waals surface area contributed by atoms with Crippen molar-refractivity contribution in [3.05, 3.63) is 57.9 Å². The molecule has 3 aromatic rings. The molecular formula is C21H21ClN2O4S. The first kappa shape index (κ1) is 21.0. The van der Waals surface area contributed by atoms with E-state index in [0.29, 0.717) is 39.2 Å². The van der Waals surface area contributed by atoms with Crippen LogP contribution in [0.1, 0.15) is 15.9 Å². The molecule has 1 amide bonds. The molecule has 0 aliphatic carbocycles. The maximum Gasteiger partial charge on any atom is 0.279 e. The lowest BCUT2D eigenvalue weighted by Gasteiger charge is -2.12. The predicted octanol–water partition coefficient (Wildman–Crippen LogP) is 4.62. The van der Waals surface area contributed by atoms with Gasteiger partial charge in [0.2, 0.25) is 5.75 Å². The molecule has 8 heteroatoms. The Kier molecular flexibility index (Phi) is 6.30. The summed E-state index contributed by atoms with van der Waals surface area (Å²) in [6, 6.07) is 6.94. The molecule has 2 aromatic carbocycles. The summed E-state index contributed by atoms with van der Waals surface area (Å²) in [6.07, 6.45) is 1.76. The molecule has 0 bridgehead atoms. The number of carbonyl (C=O) groups excluding carboxylic acids is 1. The number of aromatic nitrogens is 1. The van der Waals surface area contributed by atoms with Crippen molar-refractivity contribution >= 4 is 39.1 Å². The van der Waals surface area contributed by atoms with Gasteiger partial charge in [-0.2, -0.15) is 4.99 Å². The highest BCUT2D eigenvalue weighted by Crippen LogP contribution is 2.38. The molecule has 0 N–H and O–H groups in total. The van der Waals surface area contributed by atoms with Crippen LogP contribution in [0.3, 0.4) is 0 Å². The second-order valence-electron chi connectivity index (χ2n) is 6.13. The van der Waals surface area contributed by atoms with Crippen LogP contribution < -0.4 is 19.0 Å². The van der Waals surface area contributed by atoms with Gasteiger partial charge < -0.3 is 18.8 Å². The van der Waals surface area contributed by atoms with Crippen LogP contribution in [0.5, 0.6) is 17.2 Å². The van der Waals surface area contributed by atoms with Gasteiger partial charge in [0.1, 0.15) is 0 Å². The number of nitrogens with zero attached hydrogens (tertiary/aromatic N) is 2. The summed E-state index contributed by atoms with van der Waals surface area (Å²) in [5, 5.41) is 0.663. The highest BCUT2D eigenvalue weighted by Gasteiger charge is 2.18. The van der Waals surface area contributed by atoms with Gasteiger partial charge in [0.05, 0.1) is 31.5 Å². The van der Waals surface area contributed by atoms with Gasteiger partial charge in [0, 0.05) is 17.1 Å². The van der Waals surface area contributed by atoms with Gasteiger partial charge in [-0.05, 0) is 36.8 Å². The Morgan fingerprint density at radius 3 is 2.41 bits per heavy atom. The zero-order chi connectivity index (χ0) is 21.1. The standard InChI is InChI=1S/C21H21ClN2O4S/c1-6-9-24-18-12(2)14(22)7-8-17(18)29-21(24)23-20(25)13-10-15(26-3)19(28-5)16(11-13)27-4/h6-8,10-11H,1,9H2,2-5H3. The molecule has 0 spiro atoms. The molecule has 0 aliphatic rings. The van der Waals surface area contributed by atoms with Crippen molar-refractivity contribution in [2.45, 2.75) is 13.5 Å². The smallest absolute Gasteiger partial charge is 0.279 e. The Hall–Kier alpha value is -2.77. The van der Waals surface area contributed by atoms with E-state index < -0.39 is 5.91 Å². The van der Waals surface area contributed by atoms with E-state index in [4.69, 9.17) is 25.8 Å². The Balaban J connectivity index is 2.19. The van der Waals surface area contributed by atoms with Crippen molar-refractivity contribution in [3.63, 3.8) is 0 Å². The van der Waals surface area contributed by atoms with E-state index in [1.807, 2.05) is 23.6 Å². The van der Waals surface area contributed by atoms with E-state index in [1.54, 1.807) is 18.2 Å². The van der Waals surface area contributed by atoms with Crippen molar-refractivity contribution in [1.29, 1.82) is 0 Å². The molecular weight excluding hydrogens is 412 g/mol. The number of benzene rings is 2. The number of amides is 1. The number of fused-ring (bicyclic) bond motifs is 1. The second kappa shape index (κ2) is 8.71. The topological polar surface area (TPSA) is 62.1 Å². The van der Waals surface area contributed by atoms with E-state index in [9.17, 15) is 4.79 Å². The van der Waals surface area contributed by atoms with Gasteiger partial charge in [-0.25, -0.2) is 0 Å². The molecule has 0 radical (unpaired) electrons. The third kappa shape index (κ3) is 3.88. The van der Waals surface area contributed by atoms with Gasteiger partial charge in [0.15, 0.2) is 16.3 Å². The van der Waals surface area contributed by atoms with Crippen molar-refractivity contribution in [2.75, 3.05) is 21.3 Å². The van der Waals surface area contributed by atoms with Crippen LogP contribution in [0.15, 0.2) is 41.9 Å². The van der Waals surface area contributed by atoms with Crippen molar-refractivity contribution < 1.29 is 19.0 Å². The number of rotatable bonds is 6. The summed E-state index contributed by atoms with van der Waals surface area (Å²) in [5.74, 6) is 0.782. The van der Waals surface area contributed by atoms with Gasteiger partial charge in [-0.1, -0.05) is 29.0 Å². The number of allylic oxidation sites excluding steroid dienone is 1. The van der Waals surface area contributed by atoms with E-state index in [0.717, 1.165) is 15.8 Å². The van der Waals surface area contributed by atoms with Crippen LogP contribution in [-0.2, 0) is 6.54 Å². The molecule has 0 fully saturated rings.